The fraction of sp³-hybridized carbons (Fsp3) is 0.385. The lowest BCUT2D eigenvalue weighted by Crippen LogP contribution is -2.52. The molecule has 4 rings (SSSR count). The van der Waals surface area contributed by atoms with Crippen molar-refractivity contribution in [1.82, 2.24) is 14.9 Å². The fourth-order valence-electron chi connectivity index (χ4n) is 4.37. The molecule has 1 aliphatic heterocycles. The Hall–Kier alpha value is -3.34. The second-order valence-corrected chi connectivity index (χ2v) is 10.3. The van der Waals surface area contributed by atoms with Gasteiger partial charge in [-0.3, -0.25) is 0 Å². The van der Waals surface area contributed by atoms with E-state index in [4.69, 9.17) is 22.1 Å². The molecule has 198 valence electrons. The van der Waals surface area contributed by atoms with Gasteiger partial charge in [-0.25, -0.2) is 9.37 Å². The Bertz CT molecular complexity index is 1280. The van der Waals surface area contributed by atoms with Crippen molar-refractivity contribution in [3.63, 3.8) is 0 Å². The van der Waals surface area contributed by atoms with E-state index in [-0.39, 0.29) is 5.02 Å². The van der Waals surface area contributed by atoms with Crippen LogP contribution in [0, 0.1) is 5.82 Å². The Morgan fingerprint density at radius 3 is 2.62 bits per heavy atom. The Balaban J connectivity index is 1.58. The molecule has 1 aliphatic rings. The van der Waals surface area contributed by atoms with E-state index in [2.05, 4.69) is 44.5 Å². The Morgan fingerprint density at radius 1 is 1.24 bits per heavy atom. The average Bonchev–Trinajstić information content (AvgIpc) is 2.80. The molecule has 3 aromatic rings. The maximum atomic E-state index is 14.1. The van der Waals surface area contributed by atoms with Crippen LogP contribution in [0.25, 0.3) is 0 Å². The van der Waals surface area contributed by atoms with Crippen LogP contribution in [0.4, 0.5) is 38.9 Å². The summed E-state index contributed by atoms with van der Waals surface area (Å²) in [7, 11) is 5.72. The van der Waals surface area contributed by atoms with Crippen molar-refractivity contribution < 1.29 is 14.2 Å². The van der Waals surface area contributed by atoms with Crippen molar-refractivity contribution in [1.29, 1.82) is 0 Å². The van der Waals surface area contributed by atoms with Crippen LogP contribution in [-0.2, 0) is 5.60 Å². The van der Waals surface area contributed by atoms with Crippen LogP contribution in [0.3, 0.4) is 0 Å². The molecular formula is C26H33ClFN7O2. The zero-order chi connectivity index (χ0) is 26.9. The molecule has 0 aliphatic carbocycles. The molecule has 1 fully saturated rings. The van der Waals surface area contributed by atoms with E-state index in [1.807, 2.05) is 12.1 Å². The number of ether oxygens (including phenoxy) is 1. The van der Waals surface area contributed by atoms with E-state index in [0.29, 0.717) is 46.2 Å². The normalized spacial score (nSPS) is 15.5. The second kappa shape index (κ2) is 10.6. The van der Waals surface area contributed by atoms with Crippen molar-refractivity contribution in [2.75, 3.05) is 55.6 Å². The van der Waals surface area contributed by atoms with Gasteiger partial charge in [0.15, 0.2) is 0 Å². The van der Waals surface area contributed by atoms with Gasteiger partial charge in [0.05, 0.1) is 34.8 Å². The summed E-state index contributed by atoms with van der Waals surface area (Å²) in [4.78, 5) is 13.3. The number of nitrogens with two attached hydrogens (primary N) is 1. The predicted molar refractivity (Wildman–Crippen MR) is 147 cm³/mol. The monoisotopic (exact) mass is 529 g/mol. The van der Waals surface area contributed by atoms with E-state index in [1.54, 1.807) is 33.2 Å². The van der Waals surface area contributed by atoms with Crippen LogP contribution in [0.15, 0.2) is 36.5 Å². The lowest BCUT2D eigenvalue weighted by molar-refractivity contribution is 0.0790. The number of nitrogens with zero attached hydrogens (tertiary/aromatic N) is 4. The quantitative estimate of drug-likeness (QED) is 0.293. The minimum absolute atomic E-state index is 0.0711. The first kappa shape index (κ1) is 26.7. The summed E-state index contributed by atoms with van der Waals surface area (Å²) in [6.45, 7) is 5.02. The summed E-state index contributed by atoms with van der Waals surface area (Å²) in [5.41, 5.74) is 8.08. The van der Waals surface area contributed by atoms with Crippen LogP contribution >= 0.6 is 11.6 Å². The van der Waals surface area contributed by atoms with Gasteiger partial charge < -0.3 is 36.0 Å². The third-order valence-electron chi connectivity index (χ3n) is 6.26. The Morgan fingerprint density at radius 2 is 2.00 bits per heavy atom. The number of nitrogens with one attached hydrogen (secondary N) is 2. The number of aliphatic hydroxyl groups is 1. The molecule has 2 aromatic carbocycles. The Labute approximate surface area is 221 Å². The van der Waals surface area contributed by atoms with Gasteiger partial charge in [0.25, 0.3) is 0 Å². The summed E-state index contributed by atoms with van der Waals surface area (Å²) in [6.07, 6.45) is 2.69. The van der Waals surface area contributed by atoms with Gasteiger partial charge in [0.1, 0.15) is 17.4 Å². The standard InChI is InChI=1S/C26H33ClFN7O2/c1-26(2,36)16-10-18(28)17(27)11-20(16)31-24-6-8-30-25(33-24)32-21-12-19(29)22(13-23(21)37-5)35-9-7-15(35)14-34(3)4/h6,8,10-13,15,36H,7,9,14,29H2,1-5H3,(H2,30,31,32,33)/t15-/m1/s1. The van der Waals surface area contributed by atoms with Crippen LogP contribution < -0.4 is 26.0 Å². The second-order valence-electron chi connectivity index (χ2n) is 9.90. The van der Waals surface area contributed by atoms with Crippen molar-refractivity contribution >= 4 is 46.1 Å². The van der Waals surface area contributed by atoms with Gasteiger partial charge in [-0.15, -0.1) is 0 Å². The molecule has 1 saturated heterocycles. The molecule has 1 aromatic heterocycles. The highest BCUT2D eigenvalue weighted by Gasteiger charge is 2.30. The molecule has 11 heteroatoms. The maximum absolute atomic E-state index is 14.1. The highest BCUT2D eigenvalue weighted by atomic mass is 35.5. The number of likely N-dealkylation sites (N-methyl/N-ethyl adjacent to an activating group) is 1. The third kappa shape index (κ3) is 5.98. The Kier molecular flexibility index (Phi) is 7.63. The number of anilines is 6. The number of benzene rings is 2. The maximum Gasteiger partial charge on any atom is 0.229 e. The summed E-state index contributed by atoms with van der Waals surface area (Å²) < 4.78 is 19.7. The molecule has 0 radical (unpaired) electrons. The zero-order valence-corrected chi connectivity index (χ0v) is 22.4. The van der Waals surface area contributed by atoms with Gasteiger partial charge >= 0.3 is 0 Å². The third-order valence-corrected chi connectivity index (χ3v) is 6.55. The van der Waals surface area contributed by atoms with E-state index >= 15 is 0 Å². The minimum atomic E-state index is -1.31. The number of aromatic nitrogens is 2. The molecule has 2 heterocycles. The van der Waals surface area contributed by atoms with Crippen molar-refractivity contribution in [2.45, 2.75) is 31.9 Å². The smallest absolute Gasteiger partial charge is 0.229 e. The minimum Gasteiger partial charge on any atom is -0.494 e. The number of rotatable bonds is 9. The molecule has 0 spiro atoms. The van der Waals surface area contributed by atoms with Crippen LogP contribution in [0.1, 0.15) is 25.8 Å². The molecule has 0 unspecified atom stereocenters. The average molecular weight is 530 g/mol. The number of halogens is 2. The topological polar surface area (TPSA) is 112 Å². The molecule has 9 nitrogen and oxygen atoms in total. The number of hydrogen-bond donors (Lipinski definition) is 4. The first-order valence-corrected chi connectivity index (χ1v) is 12.3. The SMILES string of the molecule is COc1cc(N2CC[C@@H]2CN(C)C)c(N)cc1Nc1nccc(Nc2cc(Cl)c(F)cc2C(C)(C)O)n1. The summed E-state index contributed by atoms with van der Waals surface area (Å²) in [5, 5.41) is 16.7. The lowest BCUT2D eigenvalue weighted by Gasteiger charge is -2.44. The molecule has 0 amide bonds. The highest BCUT2D eigenvalue weighted by molar-refractivity contribution is 6.31. The van der Waals surface area contributed by atoms with Gasteiger partial charge in [-0.1, -0.05) is 11.6 Å². The summed E-state index contributed by atoms with van der Waals surface area (Å²) in [6, 6.07) is 8.43. The molecular weight excluding hydrogens is 497 g/mol. The number of hydrogen-bond acceptors (Lipinski definition) is 9. The lowest BCUT2D eigenvalue weighted by atomic mass is 9.96. The van der Waals surface area contributed by atoms with Crippen LogP contribution in [-0.4, -0.2) is 60.3 Å². The van der Waals surface area contributed by atoms with Gasteiger partial charge in [0.2, 0.25) is 5.95 Å². The van der Waals surface area contributed by atoms with Crippen molar-refractivity contribution in [3.05, 3.63) is 52.9 Å². The number of methoxy groups -OCH3 is 1. The summed E-state index contributed by atoms with van der Waals surface area (Å²) >= 11 is 6.00. The van der Waals surface area contributed by atoms with E-state index in [0.717, 1.165) is 25.2 Å². The van der Waals surface area contributed by atoms with Gasteiger partial charge in [-0.05, 0) is 58.6 Å². The molecule has 0 saturated carbocycles. The number of nitrogen functional groups attached to an aromatic ring is 1. The first-order chi connectivity index (χ1) is 17.5. The van der Waals surface area contributed by atoms with Crippen molar-refractivity contribution in [2.24, 2.45) is 0 Å². The first-order valence-electron chi connectivity index (χ1n) is 11.9. The van der Waals surface area contributed by atoms with Gasteiger partial charge in [0, 0.05) is 42.6 Å². The van der Waals surface area contributed by atoms with Gasteiger partial charge in [-0.2, -0.15) is 4.98 Å². The molecule has 0 bridgehead atoms. The van der Waals surface area contributed by atoms with Crippen LogP contribution in [0.2, 0.25) is 5.02 Å². The zero-order valence-electron chi connectivity index (χ0n) is 21.6. The largest absolute Gasteiger partial charge is 0.494 e. The molecule has 1 atom stereocenters. The van der Waals surface area contributed by atoms with E-state index in [1.165, 1.54) is 12.1 Å². The van der Waals surface area contributed by atoms with E-state index < -0.39 is 11.4 Å². The van der Waals surface area contributed by atoms with E-state index in [9.17, 15) is 9.50 Å². The van der Waals surface area contributed by atoms with Crippen LogP contribution in [0.5, 0.6) is 5.75 Å². The molecule has 5 N–H and O–H groups in total. The fourth-order valence-corrected chi connectivity index (χ4v) is 4.54. The predicted octanol–water partition coefficient (Wildman–Crippen LogP) is 4.71. The summed E-state index contributed by atoms with van der Waals surface area (Å²) in [5.74, 6) is 0.703. The van der Waals surface area contributed by atoms with Crippen molar-refractivity contribution in [3.8, 4) is 5.75 Å². The molecule has 37 heavy (non-hydrogen) atoms. The highest BCUT2D eigenvalue weighted by Crippen LogP contribution is 2.40.